The Kier molecular flexibility index (Phi) is 4.60. The number of hydrogen-bond donors (Lipinski definition) is 0. The van der Waals surface area contributed by atoms with Crippen molar-refractivity contribution in [3.05, 3.63) is 0 Å². The molecule has 3 unspecified atom stereocenters. The third-order valence-corrected chi connectivity index (χ3v) is 1.43. The highest BCUT2D eigenvalue weighted by atomic mass is 19.3. The van der Waals surface area contributed by atoms with E-state index in [4.69, 9.17) is 0 Å². The number of halogens is 8. The lowest BCUT2D eigenvalue weighted by atomic mass is 10.1. The zero-order valence-corrected chi connectivity index (χ0v) is 6.54. The fourth-order valence-corrected chi connectivity index (χ4v) is 0.601. The SMILES string of the molecule is FCC(F)C(F)C(F)C(F)(F)C(F)F. The predicted octanol–water partition coefficient (Wildman–Crippen LogP) is 2.87. The fraction of sp³-hybridized carbons (Fsp3) is 1.00. The minimum Gasteiger partial charge on any atom is -0.248 e. The van der Waals surface area contributed by atoms with E-state index >= 15 is 0 Å². The lowest BCUT2D eigenvalue weighted by molar-refractivity contribution is -0.190. The zero-order chi connectivity index (χ0) is 11.5. The van der Waals surface area contributed by atoms with Gasteiger partial charge in [0.05, 0.1) is 0 Å². The Morgan fingerprint density at radius 1 is 0.929 bits per heavy atom. The highest BCUT2D eigenvalue weighted by molar-refractivity contribution is 4.88. The van der Waals surface area contributed by atoms with Gasteiger partial charge in [-0.15, -0.1) is 0 Å². The maximum absolute atomic E-state index is 12.3. The Hall–Kier alpha value is -0.560. The fourth-order valence-electron chi connectivity index (χ4n) is 0.601. The third kappa shape index (κ3) is 2.71. The summed E-state index contributed by atoms with van der Waals surface area (Å²) in [5.41, 5.74) is 0. The Labute approximate surface area is 73.9 Å². The molecule has 0 aliphatic carbocycles. The van der Waals surface area contributed by atoms with E-state index in [0.29, 0.717) is 0 Å². The molecule has 0 N–H and O–H groups in total. The zero-order valence-electron chi connectivity index (χ0n) is 6.54. The summed E-state index contributed by atoms with van der Waals surface area (Å²) in [7, 11) is 0. The quantitative estimate of drug-likeness (QED) is 0.637. The first-order valence-electron chi connectivity index (χ1n) is 3.39. The van der Waals surface area contributed by atoms with Crippen LogP contribution in [-0.4, -0.2) is 37.5 Å². The Bertz CT molecular complexity index is 169. The largest absolute Gasteiger partial charge is 0.340 e. The molecule has 86 valence electrons. The monoisotopic (exact) mass is 230 g/mol. The van der Waals surface area contributed by atoms with Crippen LogP contribution < -0.4 is 0 Å². The van der Waals surface area contributed by atoms with E-state index in [1.54, 1.807) is 0 Å². The van der Waals surface area contributed by atoms with E-state index < -0.39 is 37.5 Å². The van der Waals surface area contributed by atoms with E-state index in [2.05, 4.69) is 0 Å². The van der Waals surface area contributed by atoms with E-state index in [0.717, 1.165) is 0 Å². The van der Waals surface area contributed by atoms with E-state index in [1.165, 1.54) is 0 Å². The van der Waals surface area contributed by atoms with Gasteiger partial charge in [-0.1, -0.05) is 0 Å². The van der Waals surface area contributed by atoms with Gasteiger partial charge in [-0.05, 0) is 0 Å². The molecular formula is C6H6F8. The van der Waals surface area contributed by atoms with Gasteiger partial charge < -0.3 is 0 Å². The molecule has 3 atom stereocenters. The molecule has 0 aromatic heterocycles. The Balaban J connectivity index is 4.52. The number of alkyl halides is 8. The van der Waals surface area contributed by atoms with Crippen molar-refractivity contribution in [3.63, 3.8) is 0 Å². The third-order valence-electron chi connectivity index (χ3n) is 1.43. The average Bonchev–Trinajstić information content (AvgIpc) is 2.13. The molecule has 0 aromatic rings. The van der Waals surface area contributed by atoms with Gasteiger partial charge in [0.25, 0.3) is 0 Å². The maximum atomic E-state index is 12.3. The van der Waals surface area contributed by atoms with Gasteiger partial charge in [-0.3, -0.25) is 0 Å². The second kappa shape index (κ2) is 4.79. The molecule has 8 heteroatoms. The van der Waals surface area contributed by atoms with Crippen LogP contribution in [0.3, 0.4) is 0 Å². The molecule has 0 fully saturated rings. The van der Waals surface area contributed by atoms with Gasteiger partial charge >= 0.3 is 12.3 Å². The maximum Gasteiger partial charge on any atom is 0.340 e. The minimum atomic E-state index is -5.32. The molecule has 14 heavy (non-hydrogen) atoms. The van der Waals surface area contributed by atoms with Gasteiger partial charge in [0.15, 0.2) is 12.3 Å². The Morgan fingerprint density at radius 3 is 1.64 bits per heavy atom. The Morgan fingerprint density at radius 2 is 1.36 bits per heavy atom. The van der Waals surface area contributed by atoms with Crippen molar-refractivity contribution in [3.8, 4) is 0 Å². The first kappa shape index (κ1) is 13.4. The molecule has 0 saturated heterocycles. The van der Waals surface area contributed by atoms with Crippen LogP contribution in [0.1, 0.15) is 0 Å². The lowest BCUT2D eigenvalue weighted by Crippen LogP contribution is -2.46. The lowest BCUT2D eigenvalue weighted by Gasteiger charge is -2.23. The average molecular weight is 230 g/mol. The van der Waals surface area contributed by atoms with E-state index in [9.17, 15) is 35.1 Å². The van der Waals surface area contributed by atoms with Gasteiger partial charge in [0.1, 0.15) is 6.67 Å². The predicted molar refractivity (Wildman–Crippen MR) is 31.6 cm³/mol. The summed E-state index contributed by atoms with van der Waals surface area (Å²) in [5, 5.41) is 0. The van der Waals surface area contributed by atoms with Crippen LogP contribution in [0.15, 0.2) is 0 Å². The molecule has 0 saturated carbocycles. The summed E-state index contributed by atoms with van der Waals surface area (Å²) in [6.45, 7) is -2.05. The minimum absolute atomic E-state index is 2.05. The summed E-state index contributed by atoms with van der Waals surface area (Å²) >= 11 is 0. The normalized spacial score (nSPS) is 19.5. The van der Waals surface area contributed by atoms with Crippen LogP contribution in [0.4, 0.5) is 35.1 Å². The standard InChI is InChI=1S/C6H6F8/c7-1-2(8)3(9)4(10)6(13,14)5(11)12/h2-5H,1H2. The van der Waals surface area contributed by atoms with Crippen molar-refractivity contribution >= 4 is 0 Å². The second-order valence-corrected chi connectivity index (χ2v) is 2.49. The highest BCUT2D eigenvalue weighted by Gasteiger charge is 2.55. The first-order chi connectivity index (χ1) is 6.25. The van der Waals surface area contributed by atoms with Crippen molar-refractivity contribution in [2.24, 2.45) is 0 Å². The molecule has 0 nitrogen and oxygen atoms in total. The van der Waals surface area contributed by atoms with Crippen molar-refractivity contribution < 1.29 is 35.1 Å². The van der Waals surface area contributed by atoms with Crippen molar-refractivity contribution in [1.82, 2.24) is 0 Å². The molecule has 0 aliphatic heterocycles. The molecule has 0 bridgehead atoms. The smallest absolute Gasteiger partial charge is 0.248 e. The van der Waals surface area contributed by atoms with Crippen molar-refractivity contribution in [2.75, 3.05) is 6.67 Å². The summed E-state index contributed by atoms with van der Waals surface area (Å²) in [5.74, 6) is -5.32. The van der Waals surface area contributed by atoms with Gasteiger partial charge in [0.2, 0.25) is 6.17 Å². The van der Waals surface area contributed by atoms with Crippen LogP contribution in [0.25, 0.3) is 0 Å². The topological polar surface area (TPSA) is 0 Å². The van der Waals surface area contributed by atoms with Gasteiger partial charge in [-0.25, -0.2) is 26.3 Å². The van der Waals surface area contributed by atoms with Gasteiger partial charge in [-0.2, -0.15) is 8.78 Å². The molecule has 0 radical (unpaired) electrons. The van der Waals surface area contributed by atoms with Crippen LogP contribution in [-0.2, 0) is 0 Å². The number of hydrogen-bond acceptors (Lipinski definition) is 0. The van der Waals surface area contributed by atoms with E-state index in [-0.39, 0.29) is 0 Å². The van der Waals surface area contributed by atoms with Crippen LogP contribution in [0.2, 0.25) is 0 Å². The summed E-state index contributed by atoms with van der Waals surface area (Å²) < 4.78 is 94.8. The summed E-state index contributed by atoms with van der Waals surface area (Å²) in [6.07, 6.45) is -15.3. The molecular weight excluding hydrogens is 224 g/mol. The van der Waals surface area contributed by atoms with Gasteiger partial charge in [0, 0.05) is 0 Å². The molecule has 0 spiro atoms. The van der Waals surface area contributed by atoms with E-state index in [1.807, 2.05) is 0 Å². The van der Waals surface area contributed by atoms with Crippen molar-refractivity contribution in [2.45, 2.75) is 30.9 Å². The molecule has 0 aromatic carbocycles. The second-order valence-electron chi connectivity index (χ2n) is 2.49. The van der Waals surface area contributed by atoms with Crippen LogP contribution in [0.5, 0.6) is 0 Å². The molecule has 0 amide bonds. The summed E-state index contributed by atoms with van der Waals surface area (Å²) in [4.78, 5) is 0. The highest BCUT2D eigenvalue weighted by Crippen LogP contribution is 2.33. The number of rotatable bonds is 5. The summed E-state index contributed by atoms with van der Waals surface area (Å²) in [6, 6.07) is 0. The molecule has 0 aliphatic rings. The molecule has 0 rings (SSSR count). The van der Waals surface area contributed by atoms with Crippen LogP contribution >= 0.6 is 0 Å². The molecule has 0 heterocycles. The first-order valence-corrected chi connectivity index (χ1v) is 3.39. The van der Waals surface area contributed by atoms with Crippen molar-refractivity contribution in [1.29, 1.82) is 0 Å². The van der Waals surface area contributed by atoms with Crippen LogP contribution in [0, 0.1) is 0 Å².